The molecule has 0 atom stereocenters. The quantitative estimate of drug-likeness (QED) is 0.485. The highest BCUT2D eigenvalue weighted by atomic mass is 16.1. The summed E-state index contributed by atoms with van der Waals surface area (Å²) in [5.41, 5.74) is 4.00. The molecule has 0 aliphatic heterocycles. The highest BCUT2D eigenvalue weighted by molar-refractivity contribution is 5.96. The maximum Gasteiger partial charge on any atom is 0.261 e. The maximum atomic E-state index is 12.7. The summed E-state index contributed by atoms with van der Waals surface area (Å²) in [7, 11) is 2.04. The molecule has 28 heavy (non-hydrogen) atoms. The van der Waals surface area contributed by atoms with Crippen LogP contribution < -0.4 is 5.56 Å². The molecule has 0 unspecified atom stereocenters. The van der Waals surface area contributed by atoms with Gasteiger partial charge in [-0.15, -0.1) is 0 Å². The third-order valence-electron chi connectivity index (χ3n) is 5.06. The number of pyridine rings is 1. The van der Waals surface area contributed by atoms with Gasteiger partial charge in [0.15, 0.2) is 0 Å². The Morgan fingerprint density at radius 1 is 0.964 bits per heavy atom. The van der Waals surface area contributed by atoms with Crippen molar-refractivity contribution in [3.05, 3.63) is 95.6 Å². The zero-order valence-corrected chi connectivity index (χ0v) is 15.4. The molecule has 0 aliphatic rings. The topological polar surface area (TPSA) is 52.7 Å². The van der Waals surface area contributed by atoms with Crippen LogP contribution in [0.5, 0.6) is 0 Å². The van der Waals surface area contributed by atoms with E-state index < -0.39 is 0 Å². The normalized spacial score (nSPS) is 11.3. The summed E-state index contributed by atoms with van der Waals surface area (Å²) in [5.74, 6) is 0. The first kappa shape index (κ1) is 16.4. The highest BCUT2D eigenvalue weighted by Crippen LogP contribution is 2.29. The zero-order chi connectivity index (χ0) is 19.1. The van der Waals surface area contributed by atoms with Gasteiger partial charge in [-0.1, -0.05) is 42.5 Å². The van der Waals surface area contributed by atoms with E-state index in [1.165, 1.54) is 16.3 Å². The average Bonchev–Trinajstić information content (AvgIpc) is 3.11. The molecule has 136 valence electrons. The van der Waals surface area contributed by atoms with Crippen molar-refractivity contribution in [2.75, 3.05) is 0 Å². The van der Waals surface area contributed by atoms with Gasteiger partial charge >= 0.3 is 0 Å². The minimum atomic E-state index is -0.0504. The summed E-state index contributed by atoms with van der Waals surface area (Å²) in [4.78, 5) is 21.0. The molecule has 0 amide bonds. The summed E-state index contributed by atoms with van der Waals surface area (Å²) >= 11 is 0. The van der Waals surface area contributed by atoms with E-state index in [0.717, 1.165) is 11.1 Å². The van der Waals surface area contributed by atoms with E-state index in [1.807, 2.05) is 7.05 Å². The zero-order valence-electron chi connectivity index (χ0n) is 15.4. The van der Waals surface area contributed by atoms with Crippen molar-refractivity contribution >= 4 is 21.7 Å². The first-order valence-electron chi connectivity index (χ1n) is 9.12. The lowest BCUT2D eigenvalue weighted by molar-refractivity contribution is 0.748. The Kier molecular flexibility index (Phi) is 3.79. The van der Waals surface area contributed by atoms with E-state index in [0.29, 0.717) is 17.4 Å². The summed E-state index contributed by atoms with van der Waals surface area (Å²) in [6, 6.07) is 16.4. The van der Waals surface area contributed by atoms with Crippen LogP contribution in [0, 0.1) is 0 Å². The van der Waals surface area contributed by atoms with Gasteiger partial charge in [0.2, 0.25) is 0 Å². The molecular weight excluding hydrogens is 348 g/mol. The Balaban J connectivity index is 1.49. The molecule has 3 aromatic heterocycles. The first-order valence-corrected chi connectivity index (χ1v) is 9.12. The molecule has 3 heterocycles. The number of hydrogen-bond acceptors (Lipinski definition) is 3. The van der Waals surface area contributed by atoms with Crippen molar-refractivity contribution < 1.29 is 0 Å². The molecule has 0 saturated heterocycles. The SMILES string of the molecule is Cn1cc2cccc(-c3ccc(Cn4cnc5cnccc5c4=O)cc3)c2c1. The van der Waals surface area contributed by atoms with Gasteiger partial charge in [0.05, 0.1) is 30.0 Å². The number of aromatic nitrogens is 4. The number of aryl methyl sites for hydroxylation is 1. The Bertz CT molecular complexity index is 1360. The van der Waals surface area contributed by atoms with Gasteiger partial charge in [-0.05, 0) is 28.1 Å². The predicted molar refractivity (Wildman–Crippen MR) is 111 cm³/mol. The van der Waals surface area contributed by atoms with Gasteiger partial charge in [0, 0.05) is 31.0 Å². The minimum absolute atomic E-state index is 0.0504. The third kappa shape index (κ3) is 2.77. The van der Waals surface area contributed by atoms with E-state index in [-0.39, 0.29) is 5.56 Å². The molecule has 5 rings (SSSR count). The second kappa shape index (κ2) is 6.46. The van der Waals surface area contributed by atoms with Crippen LogP contribution in [-0.4, -0.2) is 19.1 Å². The van der Waals surface area contributed by atoms with Crippen LogP contribution in [0.1, 0.15) is 5.56 Å². The van der Waals surface area contributed by atoms with E-state index >= 15 is 0 Å². The van der Waals surface area contributed by atoms with Crippen LogP contribution in [0.25, 0.3) is 32.8 Å². The average molecular weight is 366 g/mol. The van der Waals surface area contributed by atoms with Crippen molar-refractivity contribution in [2.45, 2.75) is 6.54 Å². The van der Waals surface area contributed by atoms with Crippen LogP contribution in [0.2, 0.25) is 0 Å². The van der Waals surface area contributed by atoms with Gasteiger partial charge in [-0.3, -0.25) is 14.3 Å². The fourth-order valence-corrected chi connectivity index (χ4v) is 3.66. The molecule has 0 radical (unpaired) electrons. The second-order valence-corrected chi connectivity index (χ2v) is 7.00. The molecule has 0 fully saturated rings. The van der Waals surface area contributed by atoms with Gasteiger partial charge in [0.1, 0.15) is 0 Å². The lowest BCUT2D eigenvalue weighted by atomic mass is 10.00. The van der Waals surface area contributed by atoms with E-state index in [4.69, 9.17) is 0 Å². The Labute approximate surface area is 161 Å². The van der Waals surface area contributed by atoms with E-state index in [1.54, 1.807) is 29.4 Å². The molecule has 5 heteroatoms. The molecule has 2 aromatic carbocycles. The fourth-order valence-electron chi connectivity index (χ4n) is 3.66. The number of rotatable bonds is 3. The van der Waals surface area contributed by atoms with E-state index in [2.05, 4.69) is 69.4 Å². The van der Waals surface area contributed by atoms with Crippen molar-refractivity contribution in [3.63, 3.8) is 0 Å². The molecule has 5 nitrogen and oxygen atoms in total. The Morgan fingerprint density at radius 3 is 2.68 bits per heavy atom. The van der Waals surface area contributed by atoms with Crippen LogP contribution >= 0.6 is 0 Å². The van der Waals surface area contributed by atoms with Crippen molar-refractivity contribution in [3.8, 4) is 11.1 Å². The number of benzene rings is 2. The lowest BCUT2D eigenvalue weighted by Gasteiger charge is -2.08. The molecule has 0 saturated carbocycles. The first-order chi connectivity index (χ1) is 13.7. The van der Waals surface area contributed by atoms with E-state index in [9.17, 15) is 4.79 Å². The van der Waals surface area contributed by atoms with Gasteiger partial charge in [0.25, 0.3) is 5.56 Å². The summed E-state index contributed by atoms with van der Waals surface area (Å²) in [5, 5.41) is 3.05. The van der Waals surface area contributed by atoms with Crippen LogP contribution in [0.4, 0.5) is 0 Å². The Hall–Kier alpha value is -3.73. The maximum absolute atomic E-state index is 12.7. The molecule has 0 spiro atoms. The highest BCUT2D eigenvalue weighted by Gasteiger charge is 2.07. The Morgan fingerprint density at radius 2 is 1.82 bits per heavy atom. The number of hydrogen-bond donors (Lipinski definition) is 0. The minimum Gasteiger partial charge on any atom is -0.356 e. The van der Waals surface area contributed by atoms with Gasteiger partial charge in [-0.25, -0.2) is 4.98 Å². The largest absolute Gasteiger partial charge is 0.356 e. The van der Waals surface area contributed by atoms with Crippen molar-refractivity contribution in [2.24, 2.45) is 7.05 Å². The molecule has 0 N–H and O–H groups in total. The smallest absolute Gasteiger partial charge is 0.261 e. The fraction of sp³-hybridized carbons (Fsp3) is 0.0870. The van der Waals surface area contributed by atoms with Crippen molar-refractivity contribution in [1.82, 2.24) is 19.1 Å². The number of fused-ring (bicyclic) bond motifs is 2. The van der Waals surface area contributed by atoms with Gasteiger partial charge < -0.3 is 4.57 Å². The summed E-state index contributed by atoms with van der Waals surface area (Å²) < 4.78 is 3.71. The predicted octanol–water partition coefficient (Wildman–Crippen LogP) is 4.00. The summed E-state index contributed by atoms with van der Waals surface area (Å²) in [6.07, 6.45) is 9.09. The van der Waals surface area contributed by atoms with Crippen LogP contribution in [0.3, 0.4) is 0 Å². The molecule has 0 aliphatic carbocycles. The van der Waals surface area contributed by atoms with Crippen LogP contribution in [0.15, 0.2) is 84.4 Å². The molecule has 5 aromatic rings. The summed E-state index contributed by atoms with van der Waals surface area (Å²) in [6.45, 7) is 0.486. The van der Waals surface area contributed by atoms with Crippen LogP contribution in [-0.2, 0) is 13.6 Å². The monoisotopic (exact) mass is 366 g/mol. The van der Waals surface area contributed by atoms with Crippen molar-refractivity contribution in [1.29, 1.82) is 0 Å². The lowest BCUT2D eigenvalue weighted by Crippen LogP contribution is -2.21. The third-order valence-corrected chi connectivity index (χ3v) is 5.06. The molecule has 0 bridgehead atoms. The second-order valence-electron chi connectivity index (χ2n) is 7.00. The number of nitrogens with zero attached hydrogens (tertiary/aromatic N) is 4. The standard InChI is InChI=1S/C23H18N4O/c1-26-13-18-3-2-4-19(21(18)14-26)17-7-5-16(6-8-17)12-27-15-25-22-11-24-10-9-20(22)23(27)28/h2-11,13-15H,12H2,1H3. The van der Waals surface area contributed by atoms with Gasteiger partial charge in [-0.2, -0.15) is 0 Å². The molecular formula is C23H18N4O.